The lowest BCUT2D eigenvalue weighted by Gasteiger charge is -2.32. The van der Waals surface area contributed by atoms with E-state index in [2.05, 4.69) is 0 Å². The normalized spacial score (nSPS) is 12.5. The zero-order chi connectivity index (χ0) is 25.4. The summed E-state index contributed by atoms with van der Waals surface area (Å²) >= 11 is 0. The van der Waals surface area contributed by atoms with Crippen molar-refractivity contribution in [2.45, 2.75) is 167 Å². The minimum absolute atomic E-state index is 0.293. The van der Waals surface area contributed by atoms with Crippen molar-refractivity contribution in [1.82, 2.24) is 0 Å². The zero-order valence-corrected chi connectivity index (χ0v) is 22.7. The Bertz CT molecular complexity index is 385. The van der Waals surface area contributed by atoms with Gasteiger partial charge in [-0.25, -0.2) is 0 Å². The van der Waals surface area contributed by atoms with E-state index in [1.54, 1.807) is 0 Å². The molecule has 5 heteroatoms. The average Bonchev–Trinajstić information content (AvgIpc) is 2.79. The quantitative estimate of drug-likeness (QED) is 0.118. The van der Waals surface area contributed by atoms with Crippen LogP contribution in [0, 0.1) is 5.41 Å². The minimum Gasteiger partial charge on any atom is -0.330 e. The molecule has 0 heterocycles. The summed E-state index contributed by atoms with van der Waals surface area (Å²) in [5, 5.41) is 0. The molecule has 0 saturated heterocycles. The van der Waals surface area contributed by atoms with E-state index in [1.165, 1.54) is 96.8 Å². The first kappa shape index (κ1) is 33.7. The Hall–Kier alpha value is -0.290. The highest BCUT2D eigenvalue weighted by Crippen LogP contribution is 2.46. The summed E-state index contributed by atoms with van der Waals surface area (Å²) in [6.45, 7) is 3.05. The number of hydrogen-bond acceptors (Lipinski definition) is 2. The molecule has 0 aromatic rings. The smallest absolute Gasteiger partial charge is 0.330 e. The van der Waals surface area contributed by atoms with E-state index in [4.69, 9.17) is 11.5 Å². The average molecular weight is 493 g/mol. The third kappa shape index (κ3) is 20.0. The van der Waals surface area contributed by atoms with Crippen molar-refractivity contribution in [2.75, 3.05) is 13.1 Å². The van der Waals surface area contributed by atoms with Gasteiger partial charge < -0.3 is 11.5 Å². The highest BCUT2D eigenvalue weighted by molar-refractivity contribution is 4.82. The predicted octanol–water partition coefficient (Wildman–Crippen LogP) is 9.83. The fourth-order valence-electron chi connectivity index (χ4n) is 4.91. The molecule has 0 bridgehead atoms. The van der Waals surface area contributed by atoms with Gasteiger partial charge in [-0.2, -0.15) is 13.2 Å². The molecule has 0 radical (unpaired) electrons. The largest absolute Gasteiger partial charge is 0.394 e. The molecule has 0 aliphatic carbocycles. The van der Waals surface area contributed by atoms with E-state index in [9.17, 15) is 13.2 Å². The summed E-state index contributed by atoms with van der Waals surface area (Å²) in [5.74, 6) is 0. The van der Waals surface area contributed by atoms with Crippen LogP contribution in [0.5, 0.6) is 0 Å². The van der Waals surface area contributed by atoms with Crippen LogP contribution < -0.4 is 11.5 Å². The van der Waals surface area contributed by atoms with Crippen molar-refractivity contribution in [3.8, 4) is 0 Å². The van der Waals surface area contributed by atoms with Gasteiger partial charge in [0.25, 0.3) is 0 Å². The molecule has 0 aliphatic heterocycles. The molecule has 0 saturated carbocycles. The molecular formula is C29H59F3N2. The summed E-state index contributed by atoms with van der Waals surface area (Å²) in [5.41, 5.74) is 9.51. The van der Waals surface area contributed by atoms with Gasteiger partial charge in [-0.15, -0.1) is 0 Å². The van der Waals surface area contributed by atoms with Crippen molar-refractivity contribution >= 4 is 0 Å². The van der Waals surface area contributed by atoms with Crippen LogP contribution in [0.25, 0.3) is 0 Å². The predicted molar refractivity (Wildman–Crippen MR) is 143 cm³/mol. The van der Waals surface area contributed by atoms with E-state index < -0.39 is 11.6 Å². The number of nitrogens with two attached hydrogens (primary N) is 2. The summed E-state index contributed by atoms with van der Waals surface area (Å²) in [6, 6.07) is 0. The number of halogens is 3. The Balaban J connectivity index is 3.74. The first-order valence-electron chi connectivity index (χ1n) is 14.8. The molecule has 0 aliphatic rings. The van der Waals surface area contributed by atoms with Gasteiger partial charge in [0.05, 0.1) is 5.41 Å². The lowest BCUT2D eigenvalue weighted by atomic mass is 9.79. The fraction of sp³-hybridized carbons (Fsp3) is 1.00. The van der Waals surface area contributed by atoms with Gasteiger partial charge in [-0.05, 0) is 38.8 Å². The standard InChI is InChI=1S/C29H59F3N2/c1-28(29(30,31)32,24-20-16-12-8-4-2-6-10-14-18-22-26-33)25-21-17-13-9-5-3-7-11-15-19-23-27-34/h2-27,33-34H2,1H3. The Morgan fingerprint density at radius 3 is 0.794 bits per heavy atom. The molecule has 2 nitrogen and oxygen atoms in total. The second-order valence-corrected chi connectivity index (χ2v) is 10.9. The molecule has 0 amide bonds. The van der Waals surface area contributed by atoms with Crippen LogP contribution in [0.3, 0.4) is 0 Å². The van der Waals surface area contributed by atoms with Crippen LogP contribution in [-0.2, 0) is 0 Å². The van der Waals surface area contributed by atoms with E-state index in [0.29, 0.717) is 25.7 Å². The third-order valence-electron chi connectivity index (χ3n) is 7.55. The zero-order valence-electron chi connectivity index (χ0n) is 22.7. The molecule has 0 unspecified atom stereocenters. The van der Waals surface area contributed by atoms with E-state index in [1.807, 2.05) is 0 Å². The molecule has 0 atom stereocenters. The Morgan fingerprint density at radius 1 is 0.382 bits per heavy atom. The molecule has 0 aromatic heterocycles. The molecule has 0 spiro atoms. The van der Waals surface area contributed by atoms with Crippen LogP contribution in [-0.4, -0.2) is 19.3 Å². The van der Waals surface area contributed by atoms with Gasteiger partial charge in [0, 0.05) is 0 Å². The van der Waals surface area contributed by atoms with Gasteiger partial charge >= 0.3 is 6.18 Å². The third-order valence-corrected chi connectivity index (χ3v) is 7.55. The maximum absolute atomic E-state index is 13.7. The Kier molecular flexibility index (Phi) is 22.9. The van der Waals surface area contributed by atoms with Crippen LogP contribution >= 0.6 is 0 Å². The number of alkyl halides is 3. The number of hydrogen-bond donors (Lipinski definition) is 2. The van der Waals surface area contributed by atoms with Gasteiger partial charge in [-0.1, -0.05) is 135 Å². The van der Waals surface area contributed by atoms with Crippen molar-refractivity contribution in [3.05, 3.63) is 0 Å². The summed E-state index contributed by atoms with van der Waals surface area (Å²) in [6.07, 6.45) is 21.7. The minimum atomic E-state index is -4.08. The van der Waals surface area contributed by atoms with Gasteiger partial charge in [0.15, 0.2) is 0 Å². The van der Waals surface area contributed by atoms with Crippen molar-refractivity contribution in [2.24, 2.45) is 16.9 Å². The Morgan fingerprint density at radius 2 is 0.588 bits per heavy atom. The maximum atomic E-state index is 13.7. The molecule has 34 heavy (non-hydrogen) atoms. The summed E-state index contributed by atoms with van der Waals surface area (Å²) in [4.78, 5) is 0. The molecule has 0 rings (SSSR count). The molecule has 4 N–H and O–H groups in total. The highest BCUT2D eigenvalue weighted by Gasteiger charge is 2.49. The van der Waals surface area contributed by atoms with E-state index >= 15 is 0 Å². The van der Waals surface area contributed by atoms with Crippen molar-refractivity contribution in [1.29, 1.82) is 0 Å². The Labute approximate surface area is 210 Å². The van der Waals surface area contributed by atoms with Crippen LogP contribution in [0.1, 0.15) is 161 Å². The maximum Gasteiger partial charge on any atom is 0.394 e. The van der Waals surface area contributed by atoms with Crippen molar-refractivity contribution < 1.29 is 13.2 Å². The first-order chi connectivity index (χ1) is 16.4. The lowest BCUT2D eigenvalue weighted by Crippen LogP contribution is -2.35. The molecule has 0 fully saturated rings. The second kappa shape index (κ2) is 23.1. The first-order valence-corrected chi connectivity index (χ1v) is 14.8. The topological polar surface area (TPSA) is 52.0 Å². The molecule has 0 aromatic carbocycles. The molecule has 206 valence electrons. The van der Waals surface area contributed by atoms with Crippen LogP contribution in [0.2, 0.25) is 0 Å². The number of rotatable bonds is 26. The van der Waals surface area contributed by atoms with Crippen LogP contribution in [0.4, 0.5) is 13.2 Å². The fourth-order valence-corrected chi connectivity index (χ4v) is 4.91. The van der Waals surface area contributed by atoms with Gasteiger partial charge in [0.2, 0.25) is 0 Å². The number of unbranched alkanes of at least 4 members (excludes halogenated alkanes) is 20. The SMILES string of the molecule is CC(CCCCCCCCCCCCCN)(CCCCCCCCCCCCCN)C(F)(F)F. The lowest BCUT2D eigenvalue weighted by molar-refractivity contribution is -0.223. The van der Waals surface area contributed by atoms with Gasteiger partial charge in [-0.3, -0.25) is 0 Å². The van der Waals surface area contributed by atoms with E-state index in [0.717, 1.165) is 51.6 Å². The second-order valence-electron chi connectivity index (χ2n) is 10.9. The molecular weight excluding hydrogens is 433 g/mol. The summed E-state index contributed by atoms with van der Waals surface area (Å²) < 4.78 is 41.2. The summed E-state index contributed by atoms with van der Waals surface area (Å²) in [7, 11) is 0. The van der Waals surface area contributed by atoms with Gasteiger partial charge in [0.1, 0.15) is 0 Å². The van der Waals surface area contributed by atoms with Crippen LogP contribution in [0.15, 0.2) is 0 Å². The van der Waals surface area contributed by atoms with E-state index in [-0.39, 0.29) is 0 Å². The monoisotopic (exact) mass is 492 g/mol. The van der Waals surface area contributed by atoms with Crippen molar-refractivity contribution in [3.63, 3.8) is 0 Å². The highest BCUT2D eigenvalue weighted by atomic mass is 19.4.